The smallest absolute Gasteiger partial charge is 0.255 e. The van der Waals surface area contributed by atoms with Crippen LogP contribution in [0.3, 0.4) is 0 Å². The van der Waals surface area contributed by atoms with Crippen LogP contribution in [0.1, 0.15) is 18.9 Å². The van der Waals surface area contributed by atoms with E-state index in [1.54, 1.807) is 6.20 Å². The summed E-state index contributed by atoms with van der Waals surface area (Å²) < 4.78 is 0. The van der Waals surface area contributed by atoms with Crippen molar-refractivity contribution in [3.05, 3.63) is 46.4 Å². The maximum absolute atomic E-state index is 11.4. The number of nitrogens with one attached hydrogen (secondary N) is 1. The number of H-pyrrole nitrogens is 1. The molecule has 1 aromatic heterocycles. The van der Waals surface area contributed by atoms with E-state index >= 15 is 0 Å². The highest BCUT2D eigenvalue weighted by atomic mass is 16.1. The Morgan fingerprint density at radius 1 is 1.29 bits per heavy atom. The van der Waals surface area contributed by atoms with Crippen LogP contribution in [0.5, 0.6) is 0 Å². The molecular weight excluding hydrogens is 174 g/mol. The van der Waals surface area contributed by atoms with Crippen LogP contribution >= 0.6 is 0 Å². The molecule has 0 spiro atoms. The lowest BCUT2D eigenvalue weighted by Crippen LogP contribution is -2.04. The van der Waals surface area contributed by atoms with Crippen LogP contribution in [0.2, 0.25) is 0 Å². The first kappa shape index (κ1) is 9.00. The van der Waals surface area contributed by atoms with E-state index < -0.39 is 0 Å². The van der Waals surface area contributed by atoms with E-state index in [1.165, 1.54) is 5.56 Å². The highest BCUT2D eigenvalue weighted by molar-refractivity contribution is 5.81. The molecule has 2 rings (SSSR count). The van der Waals surface area contributed by atoms with Crippen molar-refractivity contribution in [1.29, 1.82) is 0 Å². The Kier molecular flexibility index (Phi) is 2.35. The molecule has 0 aliphatic heterocycles. The van der Waals surface area contributed by atoms with Crippen molar-refractivity contribution in [1.82, 2.24) is 4.98 Å². The van der Waals surface area contributed by atoms with Crippen LogP contribution in [0.15, 0.2) is 35.3 Å². The molecule has 2 aromatic rings. The van der Waals surface area contributed by atoms with Gasteiger partial charge in [0, 0.05) is 11.6 Å². The van der Waals surface area contributed by atoms with E-state index in [-0.39, 0.29) is 5.56 Å². The predicted molar refractivity (Wildman–Crippen MR) is 58.6 cm³/mol. The van der Waals surface area contributed by atoms with Crippen LogP contribution < -0.4 is 5.56 Å². The Morgan fingerprint density at radius 2 is 2.14 bits per heavy atom. The minimum absolute atomic E-state index is 0.00875. The Hall–Kier alpha value is -1.57. The van der Waals surface area contributed by atoms with Gasteiger partial charge in [0.25, 0.3) is 5.56 Å². The van der Waals surface area contributed by atoms with Gasteiger partial charge in [0.05, 0.1) is 0 Å². The summed E-state index contributed by atoms with van der Waals surface area (Å²) in [6, 6.07) is 7.96. The fourth-order valence-corrected chi connectivity index (χ4v) is 1.69. The van der Waals surface area contributed by atoms with E-state index in [2.05, 4.69) is 18.0 Å². The lowest BCUT2D eigenvalue weighted by atomic mass is 10.1. The molecule has 2 heteroatoms. The van der Waals surface area contributed by atoms with Gasteiger partial charge in [0.1, 0.15) is 0 Å². The van der Waals surface area contributed by atoms with Gasteiger partial charge in [-0.15, -0.1) is 0 Å². The fraction of sp³-hybridized carbons (Fsp3) is 0.250. The molecule has 0 atom stereocenters. The quantitative estimate of drug-likeness (QED) is 0.769. The molecule has 0 radical (unpaired) electrons. The second-order valence-corrected chi connectivity index (χ2v) is 3.48. The SMILES string of the molecule is CCCc1ccc2c(=O)[nH]ccc2c1. The highest BCUT2D eigenvalue weighted by Gasteiger charge is 1.98. The Morgan fingerprint density at radius 3 is 2.93 bits per heavy atom. The van der Waals surface area contributed by atoms with Crippen LogP contribution in [0.4, 0.5) is 0 Å². The van der Waals surface area contributed by atoms with Crippen molar-refractivity contribution in [2.45, 2.75) is 19.8 Å². The average molecular weight is 187 g/mol. The first-order chi connectivity index (χ1) is 6.81. The number of benzene rings is 1. The van der Waals surface area contributed by atoms with Crippen molar-refractivity contribution >= 4 is 10.8 Å². The van der Waals surface area contributed by atoms with Crippen LogP contribution in [0, 0.1) is 0 Å². The number of aromatic nitrogens is 1. The monoisotopic (exact) mass is 187 g/mol. The molecular formula is C12H13NO. The molecule has 0 unspecified atom stereocenters. The Bertz CT molecular complexity index is 499. The largest absolute Gasteiger partial charge is 0.329 e. The maximum Gasteiger partial charge on any atom is 0.255 e. The Labute approximate surface area is 82.6 Å². The van der Waals surface area contributed by atoms with Gasteiger partial charge < -0.3 is 4.98 Å². The summed E-state index contributed by atoms with van der Waals surface area (Å²) >= 11 is 0. The molecule has 1 aromatic carbocycles. The number of rotatable bonds is 2. The van der Waals surface area contributed by atoms with Crippen LogP contribution in [-0.4, -0.2) is 4.98 Å². The summed E-state index contributed by atoms with van der Waals surface area (Å²) in [5.41, 5.74) is 1.29. The molecule has 0 saturated carbocycles. The van der Waals surface area contributed by atoms with E-state index in [0.29, 0.717) is 0 Å². The zero-order valence-electron chi connectivity index (χ0n) is 8.21. The molecule has 1 heterocycles. The lowest BCUT2D eigenvalue weighted by Gasteiger charge is -2.00. The molecule has 0 bridgehead atoms. The number of hydrogen-bond acceptors (Lipinski definition) is 1. The molecule has 1 N–H and O–H groups in total. The third-order valence-electron chi connectivity index (χ3n) is 2.38. The van der Waals surface area contributed by atoms with Gasteiger partial charge in [-0.2, -0.15) is 0 Å². The van der Waals surface area contributed by atoms with Crippen molar-refractivity contribution in [2.24, 2.45) is 0 Å². The first-order valence-corrected chi connectivity index (χ1v) is 4.91. The van der Waals surface area contributed by atoms with E-state index in [9.17, 15) is 4.79 Å². The topological polar surface area (TPSA) is 32.9 Å². The van der Waals surface area contributed by atoms with Crippen molar-refractivity contribution < 1.29 is 0 Å². The standard InChI is InChI=1S/C12H13NO/c1-2-3-9-4-5-11-10(8-9)6-7-13-12(11)14/h4-8H,2-3H2,1H3,(H,13,14). The molecule has 2 nitrogen and oxygen atoms in total. The molecule has 0 saturated heterocycles. The lowest BCUT2D eigenvalue weighted by molar-refractivity contribution is 0.923. The normalized spacial score (nSPS) is 10.6. The van der Waals surface area contributed by atoms with Crippen molar-refractivity contribution in [3.8, 4) is 0 Å². The minimum Gasteiger partial charge on any atom is -0.329 e. The number of aromatic amines is 1. The second-order valence-electron chi connectivity index (χ2n) is 3.48. The van der Waals surface area contributed by atoms with E-state index in [4.69, 9.17) is 0 Å². The van der Waals surface area contributed by atoms with E-state index in [1.807, 2.05) is 18.2 Å². The number of pyridine rings is 1. The summed E-state index contributed by atoms with van der Waals surface area (Å²) in [6.07, 6.45) is 3.90. The van der Waals surface area contributed by atoms with E-state index in [0.717, 1.165) is 23.6 Å². The molecule has 0 amide bonds. The number of hydrogen-bond donors (Lipinski definition) is 1. The number of fused-ring (bicyclic) bond motifs is 1. The highest BCUT2D eigenvalue weighted by Crippen LogP contribution is 2.12. The first-order valence-electron chi connectivity index (χ1n) is 4.91. The molecule has 0 fully saturated rings. The molecule has 0 aliphatic rings. The van der Waals surface area contributed by atoms with Gasteiger partial charge in [-0.05, 0) is 29.5 Å². The molecule has 72 valence electrons. The second kappa shape index (κ2) is 3.66. The fourth-order valence-electron chi connectivity index (χ4n) is 1.69. The summed E-state index contributed by atoms with van der Waals surface area (Å²) in [4.78, 5) is 14.1. The van der Waals surface area contributed by atoms with Gasteiger partial charge in [0.15, 0.2) is 0 Å². The third kappa shape index (κ3) is 1.55. The van der Waals surface area contributed by atoms with Gasteiger partial charge in [0.2, 0.25) is 0 Å². The van der Waals surface area contributed by atoms with Gasteiger partial charge in [-0.1, -0.05) is 25.5 Å². The molecule has 14 heavy (non-hydrogen) atoms. The Balaban J connectivity index is 2.61. The number of aryl methyl sites for hydroxylation is 1. The third-order valence-corrected chi connectivity index (χ3v) is 2.38. The minimum atomic E-state index is -0.00875. The van der Waals surface area contributed by atoms with Crippen molar-refractivity contribution in [2.75, 3.05) is 0 Å². The molecule has 0 aliphatic carbocycles. The maximum atomic E-state index is 11.4. The van der Waals surface area contributed by atoms with Crippen LogP contribution in [-0.2, 0) is 6.42 Å². The zero-order valence-corrected chi connectivity index (χ0v) is 8.21. The zero-order chi connectivity index (χ0) is 9.97. The van der Waals surface area contributed by atoms with Gasteiger partial charge in [-0.3, -0.25) is 4.79 Å². The summed E-state index contributed by atoms with van der Waals surface area (Å²) in [5, 5.41) is 1.80. The van der Waals surface area contributed by atoms with Crippen molar-refractivity contribution in [3.63, 3.8) is 0 Å². The summed E-state index contributed by atoms with van der Waals surface area (Å²) in [5.74, 6) is 0. The predicted octanol–water partition coefficient (Wildman–Crippen LogP) is 2.48. The summed E-state index contributed by atoms with van der Waals surface area (Å²) in [7, 11) is 0. The average Bonchev–Trinajstić information content (AvgIpc) is 2.18. The van der Waals surface area contributed by atoms with Gasteiger partial charge in [-0.25, -0.2) is 0 Å². The summed E-state index contributed by atoms with van der Waals surface area (Å²) in [6.45, 7) is 2.15. The van der Waals surface area contributed by atoms with Gasteiger partial charge >= 0.3 is 0 Å². The van der Waals surface area contributed by atoms with Crippen LogP contribution in [0.25, 0.3) is 10.8 Å².